The van der Waals surface area contributed by atoms with Crippen LogP contribution in [-0.4, -0.2) is 37.6 Å². The zero-order valence-corrected chi connectivity index (χ0v) is 10.1. The van der Waals surface area contributed by atoms with Crippen molar-refractivity contribution in [1.29, 1.82) is 0 Å². The van der Waals surface area contributed by atoms with Crippen LogP contribution in [0.3, 0.4) is 0 Å². The number of benzene rings is 1. The summed E-state index contributed by atoms with van der Waals surface area (Å²) in [5.41, 5.74) is 7.23. The number of hydrogen-bond acceptors (Lipinski definition) is 4. The molecule has 0 aromatic heterocycles. The second-order valence-corrected chi connectivity index (χ2v) is 4.20. The number of nitrogen functional groups attached to an aromatic ring is 1. The number of carbonyl (C=O) groups is 1. The molecule has 3 N–H and O–H groups in total. The van der Waals surface area contributed by atoms with Crippen LogP contribution in [0.25, 0.3) is 0 Å². The van der Waals surface area contributed by atoms with E-state index in [1.54, 1.807) is 37.3 Å². The maximum absolute atomic E-state index is 11.8. The Morgan fingerprint density at radius 2 is 2.29 bits per heavy atom. The number of ether oxygens (including phenoxy) is 1. The van der Waals surface area contributed by atoms with Crippen molar-refractivity contribution in [3.8, 4) is 5.75 Å². The molecule has 1 heterocycles. The Labute approximate surface area is 101 Å². The quantitative estimate of drug-likeness (QED) is 0.764. The molecule has 1 aromatic rings. The molecule has 0 radical (unpaired) electrons. The highest BCUT2D eigenvalue weighted by Gasteiger charge is 2.29. The van der Waals surface area contributed by atoms with E-state index in [1.807, 2.05) is 0 Å². The zero-order valence-electron chi connectivity index (χ0n) is 10.1. The summed E-state index contributed by atoms with van der Waals surface area (Å²) in [5, 5.41) is 3.17. The topological polar surface area (TPSA) is 67.6 Å². The van der Waals surface area contributed by atoms with Crippen LogP contribution in [0.1, 0.15) is 6.42 Å². The van der Waals surface area contributed by atoms with Gasteiger partial charge in [0.2, 0.25) is 5.91 Å². The zero-order chi connectivity index (χ0) is 12.4. The van der Waals surface area contributed by atoms with Gasteiger partial charge in [-0.15, -0.1) is 0 Å². The number of nitrogens with two attached hydrogens (primary N) is 1. The molecule has 1 saturated heterocycles. The molecule has 1 aliphatic heterocycles. The van der Waals surface area contributed by atoms with Gasteiger partial charge in [-0.1, -0.05) is 0 Å². The van der Waals surface area contributed by atoms with Crippen LogP contribution in [-0.2, 0) is 4.79 Å². The van der Waals surface area contributed by atoms with Crippen LogP contribution in [0.15, 0.2) is 18.2 Å². The standard InChI is InChI=1S/C12H17N3O2/c1-15-6-5-10(12(15)16)14-11-7-8(17-2)3-4-9(11)13/h3-4,7,10,14H,5-6,13H2,1-2H3. The first-order valence-corrected chi connectivity index (χ1v) is 5.57. The fourth-order valence-corrected chi connectivity index (χ4v) is 1.93. The smallest absolute Gasteiger partial charge is 0.244 e. The van der Waals surface area contributed by atoms with E-state index in [1.165, 1.54) is 0 Å². The van der Waals surface area contributed by atoms with Crippen molar-refractivity contribution < 1.29 is 9.53 Å². The van der Waals surface area contributed by atoms with E-state index in [0.29, 0.717) is 5.69 Å². The van der Waals surface area contributed by atoms with Gasteiger partial charge < -0.3 is 20.7 Å². The summed E-state index contributed by atoms with van der Waals surface area (Å²) in [4.78, 5) is 13.5. The minimum absolute atomic E-state index is 0.104. The van der Waals surface area contributed by atoms with Gasteiger partial charge in [0.15, 0.2) is 0 Å². The summed E-state index contributed by atoms with van der Waals surface area (Å²) in [6, 6.07) is 5.18. The first kappa shape index (κ1) is 11.6. The van der Waals surface area contributed by atoms with Crippen molar-refractivity contribution in [3.63, 3.8) is 0 Å². The second-order valence-electron chi connectivity index (χ2n) is 4.20. The van der Waals surface area contributed by atoms with Crippen molar-refractivity contribution in [1.82, 2.24) is 4.90 Å². The van der Waals surface area contributed by atoms with Gasteiger partial charge in [0.1, 0.15) is 11.8 Å². The second kappa shape index (κ2) is 4.53. The number of nitrogens with zero attached hydrogens (tertiary/aromatic N) is 1. The lowest BCUT2D eigenvalue weighted by Crippen LogP contribution is -2.31. The van der Waals surface area contributed by atoms with Gasteiger partial charge in [-0.2, -0.15) is 0 Å². The summed E-state index contributed by atoms with van der Waals surface area (Å²) in [7, 11) is 3.41. The Bertz CT molecular complexity index is 434. The summed E-state index contributed by atoms with van der Waals surface area (Å²) in [6.45, 7) is 0.778. The lowest BCUT2D eigenvalue weighted by atomic mass is 10.2. The molecule has 1 aromatic carbocycles. The Kier molecular flexibility index (Phi) is 3.08. The molecule has 1 fully saturated rings. The van der Waals surface area contributed by atoms with Gasteiger partial charge in [-0.05, 0) is 18.6 Å². The Hall–Kier alpha value is -1.91. The first-order valence-electron chi connectivity index (χ1n) is 5.57. The minimum Gasteiger partial charge on any atom is -0.497 e. The number of rotatable bonds is 3. The summed E-state index contributed by atoms with van der Waals surface area (Å²) >= 11 is 0. The van der Waals surface area contributed by atoms with Crippen molar-refractivity contribution >= 4 is 17.3 Å². The number of likely N-dealkylation sites (tertiary alicyclic amines) is 1. The lowest BCUT2D eigenvalue weighted by molar-refractivity contribution is -0.127. The maximum Gasteiger partial charge on any atom is 0.244 e. The maximum atomic E-state index is 11.8. The molecular weight excluding hydrogens is 218 g/mol. The van der Waals surface area contributed by atoms with Crippen LogP contribution in [0.2, 0.25) is 0 Å². The fraction of sp³-hybridized carbons (Fsp3) is 0.417. The van der Waals surface area contributed by atoms with E-state index < -0.39 is 0 Å². The Morgan fingerprint density at radius 1 is 1.53 bits per heavy atom. The normalized spacial score (nSPS) is 19.5. The number of hydrogen-bond donors (Lipinski definition) is 2. The van der Waals surface area contributed by atoms with Gasteiger partial charge in [0.05, 0.1) is 18.5 Å². The number of nitrogens with one attached hydrogen (secondary N) is 1. The predicted octanol–water partition coefficient (Wildman–Crippen LogP) is 0.920. The average Bonchev–Trinajstić information content (AvgIpc) is 2.64. The van der Waals surface area contributed by atoms with Crippen molar-refractivity contribution in [2.75, 3.05) is 31.8 Å². The van der Waals surface area contributed by atoms with Gasteiger partial charge in [0, 0.05) is 19.7 Å². The Balaban J connectivity index is 2.15. The largest absolute Gasteiger partial charge is 0.497 e. The highest BCUT2D eigenvalue weighted by Crippen LogP contribution is 2.26. The van der Waals surface area contributed by atoms with Crippen LogP contribution >= 0.6 is 0 Å². The third-order valence-corrected chi connectivity index (χ3v) is 3.02. The van der Waals surface area contributed by atoms with E-state index in [9.17, 15) is 4.79 Å². The van der Waals surface area contributed by atoms with E-state index in [4.69, 9.17) is 10.5 Å². The van der Waals surface area contributed by atoms with Crippen LogP contribution < -0.4 is 15.8 Å². The van der Waals surface area contributed by atoms with E-state index in [2.05, 4.69) is 5.32 Å². The molecule has 5 heteroatoms. The molecule has 1 amide bonds. The van der Waals surface area contributed by atoms with Gasteiger partial charge in [-0.3, -0.25) is 4.79 Å². The van der Waals surface area contributed by atoms with Gasteiger partial charge in [-0.25, -0.2) is 0 Å². The van der Waals surface area contributed by atoms with Gasteiger partial charge >= 0.3 is 0 Å². The predicted molar refractivity (Wildman–Crippen MR) is 67.1 cm³/mol. The molecule has 0 saturated carbocycles. The fourth-order valence-electron chi connectivity index (χ4n) is 1.93. The molecule has 0 spiro atoms. The van der Waals surface area contributed by atoms with Crippen molar-refractivity contribution in [3.05, 3.63) is 18.2 Å². The monoisotopic (exact) mass is 235 g/mol. The summed E-state index contributed by atoms with van der Waals surface area (Å²) in [5.74, 6) is 0.827. The molecule has 1 aliphatic rings. The average molecular weight is 235 g/mol. The highest BCUT2D eigenvalue weighted by molar-refractivity contribution is 5.87. The number of likely N-dealkylation sites (N-methyl/N-ethyl adjacent to an activating group) is 1. The Morgan fingerprint density at radius 3 is 2.88 bits per heavy atom. The molecule has 1 unspecified atom stereocenters. The van der Waals surface area contributed by atoms with E-state index >= 15 is 0 Å². The lowest BCUT2D eigenvalue weighted by Gasteiger charge is -2.15. The number of anilines is 2. The minimum atomic E-state index is -0.186. The highest BCUT2D eigenvalue weighted by atomic mass is 16.5. The molecule has 17 heavy (non-hydrogen) atoms. The molecule has 92 valence electrons. The van der Waals surface area contributed by atoms with Crippen LogP contribution in [0.5, 0.6) is 5.75 Å². The molecule has 0 aliphatic carbocycles. The number of methoxy groups -OCH3 is 1. The van der Waals surface area contributed by atoms with Crippen molar-refractivity contribution in [2.24, 2.45) is 0 Å². The van der Waals surface area contributed by atoms with E-state index in [-0.39, 0.29) is 11.9 Å². The summed E-state index contributed by atoms with van der Waals surface area (Å²) in [6.07, 6.45) is 0.798. The summed E-state index contributed by atoms with van der Waals surface area (Å²) < 4.78 is 5.13. The third-order valence-electron chi connectivity index (χ3n) is 3.02. The van der Waals surface area contributed by atoms with E-state index in [0.717, 1.165) is 24.4 Å². The molecule has 1 atom stereocenters. The number of amides is 1. The van der Waals surface area contributed by atoms with Crippen molar-refractivity contribution in [2.45, 2.75) is 12.5 Å². The van der Waals surface area contributed by atoms with Crippen LogP contribution in [0, 0.1) is 0 Å². The van der Waals surface area contributed by atoms with Gasteiger partial charge in [0.25, 0.3) is 0 Å². The SMILES string of the molecule is COc1ccc(N)c(NC2CCN(C)C2=O)c1. The third kappa shape index (κ3) is 2.27. The first-order chi connectivity index (χ1) is 8.11. The number of carbonyl (C=O) groups excluding carboxylic acids is 1. The molecule has 5 nitrogen and oxygen atoms in total. The molecular formula is C12H17N3O2. The molecule has 0 bridgehead atoms. The molecule has 2 rings (SSSR count). The van der Waals surface area contributed by atoms with Crippen LogP contribution in [0.4, 0.5) is 11.4 Å².